The van der Waals surface area contributed by atoms with Crippen LogP contribution in [0.3, 0.4) is 0 Å². The van der Waals surface area contributed by atoms with Gasteiger partial charge in [-0.25, -0.2) is 0 Å². The third kappa shape index (κ3) is 3.49. The van der Waals surface area contributed by atoms with Crippen molar-refractivity contribution in [1.82, 2.24) is 0 Å². The molecule has 0 saturated carbocycles. The maximum atomic E-state index is 11.1. The highest BCUT2D eigenvalue weighted by molar-refractivity contribution is 5.82. The van der Waals surface area contributed by atoms with Gasteiger partial charge in [-0.05, 0) is 115 Å². The summed E-state index contributed by atoms with van der Waals surface area (Å²) in [6.45, 7) is 6.98. The lowest BCUT2D eigenvalue weighted by atomic mass is 9.75. The highest BCUT2D eigenvalue weighted by Gasteiger charge is 2.26. The summed E-state index contributed by atoms with van der Waals surface area (Å²) in [6.07, 6.45) is 13.2. The Balaban J connectivity index is 2.02. The third-order valence-electron chi connectivity index (χ3n) is 7.24. The summed E-state index contributed by atoms with van der Waals surface area (Å²) in [5, 5.41) is 11.1. The lowest BCUT2D eigenvalue weighted by molar-refractivity contribution is 0.475. The fourth-order valence-electron chi connectivity index (χ4n) is 5.45. The molecule has 4 rings (SSSR count). The van der Waals surface area contributed by atoms with Crippen LogP contribution in [0.1, 0.15) is 86.3 Å². The predicted octanol–water partition coefficient (Wildman–Crippen LogP) is 6.97. The molecule has 1 nitrogen and oxygen atoms in total. The van der Waals surface area contributed by atoms with Crippen LogP contribution in [0, 0.1) is 5.92 Å². The normalized spacial score (nSPS) is 17.1. The Morgan fingerprint density at radius 2 is 1.50 bits per heavy atom. The number of hydrogen-bond acceptors (Lipinski definition) is 1. The van der Waals surface area contributed by atoms with Crippen molar-refractivity contribution in [3.05, 3.63) is 51.6 Å². The molecule has 0 aliphatic heterocycles. The summed E-state index contributed by atoms with van der Waals surface area (Å²) in [5.74, 6) is 1.18. The Morgan fingerprint density at radius 1 is 0.857 bits per heavy atom. The SMILES string of the molecule is CCc1cc2c(c(-c3c(O)ccc4c3CCCC4)c1CC(C)CC)CCCC2. The molecule has 1 unspecified atom stereocenters. The molecular formula is C27H36O. The van der Waals surface area contributed by atoms with Crippen LogP contribution in [0.15, 0.2) is 18.2 Å². The molecule has 0 saturated heterocycles. The molecule has 0 aromatic heterocycles. The molecule has 2 aliphatic carbocycles. The highest BCUT2D eigenvalue weighted by atomic mass is 16.3. The van der Waals surface area contributed by atoms with E-state index in [1.165, 1.54) is 84.7 Å². The van der Waals surface area contributed by atoms with Gasteiger partial charge in [0.25, 0.3) is 0 Å². The van der Waals surface area contributed by atoms with Crippen molar-refractivity contribution in [1.29, 1.82) is 0 Å². The Bertz CT molecular complexity index is 861. The first-order chi connectivity index (χ1) is 13.6. The van der Waals surface area contributed by atoms with Crippen LogP contribution in [-0.4, -0.2) is 5.11 Å². The second kappa shape index (κ2) is 8.31. The number of fused-ring (bicyclic) bond motifs is 2. The molecule has 0 radical (unpaired) electrons. The number of benzene rings is 2. The maximum absolute atomic E-state index is 11.1. The van der Waals surface area contributed by atoms with E-state index in [-0.39, 0.29) is 0 Å². The smallest absolute Gasteiger partial charge is 0.123 e. The quantitative estimate of drug-likeness (QED) is 0.597. The Hall–Kier alpha value is -1.76. The molecule has 0 fully saturated rings. The molecule has 1 N–H and O–H groups in total. The molecule has 28 heavy (non-hydrogen) atoms. The van der Waals surface area contributed by atoms with Crippen molar-refractivity contribution in [2.45, 2.75) is 91.4 Å². The molecule has 2 aromatic rings. The summed E-state index contributed by atoms with van der Waals surface area (Å²) >= 11 is 0. The van der Waals surface area contributed by atoms with Gasteiger partial charge in [-0.1, -0.05) is 39.3 Å². The van der Waals surface area contributed by atoms with Gasteiger partial charge in [0.1, 0.15) is 5.75 Å². The fraction of sp³-hybridized carbons (Fsp3) is 0.556. The molecule has 0 heterocycles. The zero-order chi connectivity index (χ0) is 19.7. The van der Waals surface area contributed by atoms with Crippen LogP contribution < -0.4 is 0 Å². The predicted molar refractivity (Wildman–Crippen MR) is 119 cm³/mol. The summed E-state index contributed by atoms with van der Waals surface area (Å²) < 4.78 is 0. The van der Waals surface area contributed by atoms with Gasteiger partial charge in [0.2, 0.25) is 0 Å². The van der Waals surface area contributed by atoms with Crippen molar-refractivity contribution in [3.8, 4) is 16.9 Å². The number of phenolic OH excluding ortho intramolecular Hbond substituents is 1. The molecule has 1 heteroatoms. The van der Waals surface area contributed by atoms with Gasteiger partial charge in [-0.15, -0.1) is 0 Å². The Morgan fingerprint density at radius 3 is 2.18 bits per heavy atom. The van der Waals surface area contributed by atoms with E-state index in [9.17, 15) is 5.11 Å². The molecule has 0 bridgehead atoms. The minimum Gasteiger partial charge on any atom is -0.507 e. The van der Waals surface area contributed by atoms with Crippen LogP contribution in [0.25, 0.3) is 11.1 Å². The van der Waals surface area contributed by atoms with E-state index in [2.05, 4.69) is 32.9 Å². The van der Waals surface area contributed by atoms with Crippen LogP contribution >= 0.6 is 0 Å². The minimum atomic E-state index is 0.507. The summed E-state index contributed by atoms with van der Waals surface area (Å²) in [6, 6.07) is 6.67. The average molecular weight is 377 g/mol. The molecule has 2 aromatic carbocycles. The van der Waals surface area contributed by atoms with Gasteiger partial charge >= 0.3 is 0 Å². The van der Waals surface area contributed by atoms with Crippen molar-refractivity contribution in [2.24, 2.45) is 5.92 Å². The zero-order valence-electron chi connectivity index (χ0n) is 18.0. The lowest BCUT2D eigenvalue weighted by Crippen LogP contribution is -2.14. The zero-order valence-corrected chi connectivity index (χ0v) is 18.0. The monoisotopic (exact) mass is 376 g/mol. The van der Waals surface area contributed by atoms with E-state index in [0.717, 1.165) is 19.3 Å². The van der Waals surface area contributed by atoms with Gasteiger partial charge in [0.15, 0.2) is 0 Å². The molecule has 1 atom stereocenters. The Labute approximate surface area is 171 Å². The highest BCUT2D eigenvalue weighted by Crippen LogP contribution is 2.45. The third-order valence-corrected chi connectivity index (χ3v) is 7.24. The van der Waals surface area contributed by atoms with Crippen molar-refractivity contribution >= 4 is 0 Å². The topological polar surface area (TPSA) is 20.2 Å². The largest absolute Gasteiger partial charge is 0.507 e. The van der Waals surface area contributed by atoms with Gasteiger partial charge < -0.3 is 5.11 Å². The van der Waals surface area contributed by atoms with E-state index in [1.54, 1.807) is 11.1 Å². The van der Waals surface area contributed by atoms with E-state index in [1.807, 2.05) is 6.07 Å². The minimum absolute atomic E-state index is 0.507. The maximum Gasteiger partial charge on any atom is 0.123 e. The summed E-state index contributed by atoms with van der Waals surface area (Å²) in [7, 11) is 0. The van der Waals surface area contributed by atoms with E-state index in [4.69, 9.17) is 0 Å². The number of rotatable bonds is 5. The van der Waals surface area contributed by atoms with Crippen LogP contribution in [0.2, 0.25) is 0 Å². The number of phenols is 1. The number of aromatic hydroxyl groups is 1. The fourth-order valence-corrected chi connectivity index (χ4v) is 5.45. The molecule has 150 valence electrons. The first kappa shape index (κ1) is 19.6. The van der Waals surface area contributed by atoms with Gasteiger partial charge in [-0.2, -0.15) is 0 Å². The van der Waals surface area contributed by atoms with Crippen molar-refractivity contribution in [3.63, 3.8) is 0 Å². The van der Waals surface area contributed by atoms with E-state index in [0.29, 0.717) is 11.7 Å². The van der Waals surface area contributed by atoms with Gasteiger partial charge in [-0.3, -0.25) is 0 Å². The van der Waals surface area contributed by atoms with Gasteiger partial charge in [0, 0.05) is 5.56 Å². The lowest BCUT2D eigenvalue weighted by Gasteiger charge is -2.29. The Kier molecular flexibility index (Phi) is 5.80. The second-order valence-corrected chi connectivity index (χ2v) is 9.11. The van der Waals surface area contributed by atoms with Gasteiger partial charge in [0.05, 0.1) is 0 Å². The standard InChI is InChI=1S/C27H36O/c1-4-18(3)16-24-19(5-2)17-21-11-7-9-13-23(21)26(24)27-22-12-8-6-10-20(22)14-15-25(27)28/h14-15,17-18,28H,4-13,16H2,1-3H3. The van der Waals surface area contributed by atoms with Crippen LogP contribution in [0.4, 0.5) is 0 Å². The number of hydrogen-bond donors (Lipinski definition) is 1. The summed E-state index contributed by atoms with van der Waals surface area (Å²) in [4.78, 5) is 0. The molecule has 2 aliphatic rings. The van der Waals surface area contributed by atoms with E-state index < -0.39 is 0 Å². The van der Waals surface area contributed by atoms with Crippen LogP contribution in [0.5, 0.6) is 5.75 Å². The average Bonchev–Trinajstić information content (AvgIpc) is 2.73. The molecular weight excluding hydrogens is 340 g/mol. The van der Waals surface area contributed by atoms with Crippen molar-refractivity contribution in [2.75, 3.05) is 0 Å². The molecule has 0 spiro atoms. The summed E-state index contributed by atoms with van der Waals surface area (Å²) in [5.41, 5.74) is 11.7. The van der Waals surface area contributed by atoms with E-state index >= 15 is 0 Å². The van der Waals surface area contributed by atoms with Crippen LogP contribution in [-0.2, 0) is 38.5 Å². The molecule has 0 amide bonds. The second-order valence-electron chi connectivity index (χ2n) is 9.11. The first-order valence-corrected chi connectivity index (χ1v) is 11.6. The number of aryl methyl sites for hydroxylation is 3. The first-order valence-electron chi connectivity index (χ1n) is 11.6. The van der Waals surface area contributed by atoms with Crippen molar-refractivity contribution < 1.29 is 5.11 Å².